The summed E-state index contributed by atoms with van der Waals surface area (Å²) in [6, 6.07) is 0. The fraction of sp³-hybridized carbons (Fsp3) is 0.714. The third-order valence-electron chi connectivity index (χ3n) is 1.70. The number of thioether (sulfide) groups is 1. The normalized spacial score (nSPS) is 23.2. The predicted octanol–water partition coefficient (Wildman–Crippen LogP) is 1.39. The topological polar surface area (TPSA) is 44.2 Å². The van der Waals surface area contributed by atoms with Gasteiger partial charge in [-0.1, -0.05) is 23.1 Å². The Balaban J connectivity index is 1.72. The minimum atomic E-state index is 0.308. The summed E-state index contributed by atoms with van der Waals surface area (Å²) in [7, 11) is 0. The van der Waals surface area contributed by atoms with Gasteiger partial charge in [0, 0.05) is 5.75 Å². The van der Waals surface area contributed by atoms with E-state index in [9.17, 15) is 0 Å². The molecule has 0 spiro atoms. The highest BCUT2D eigenvalue weighted by Gasteiger charge is 2.14. The van der Waals surface area contributed by atoms with Gasteiger partial charge in [-0.3, -0.25) is 0 Å². The molecular formula is C7H10N2O2S2. The molecule has 72 valence electrons. The van der Waals surface area contributed by atoms with Gasteiger partial charge >= 0.3 is 0 Å². The number of aromatic nitrogens is 2. The van der Waals surface area contributed by atoms with E-state index in [4.69, 9.17) is 9.47 Å². The maximum Gasteiger partial charge on any atom is 0.174 e. The first-order valence-electron chi connectivity index (χ1n) is 4.03. The van der Waals surface area contributed by atoms with E-state index in [-0.39, 0.29) is 0 Å². The van der Waals surface area contributed by atoms with Crippen molar-refractivity contribution in [2.45, 2.75) is 16.9 Å². The summed E-state index contributed by atoms with van der Waals surface area (Å²) < 4.78 is 11.5. The first-order valence-corrected chi connectivity index (χ1v) is 5.90. The van der Waals surface area contributed by atoms with Gasteiger partial charge in [-0.15, -0.1) is 10.2 Å². The lowest BCUT2D eigenvalue weighted by molar-refractivity contribution is -0.130. The van der Waals surface area contributed by atoms with Crippen LogP contribution in [0, 0.1) is 0 Å². The Labute approximate surface area is 84.6 Å². The van der Waals surface area contributed by atoms with Crippen molar-refractivity contribution in [3.63, 3.8) is 0 Å². The minimum absolute atomic E-state index is 0.308. The van der Waals surface area contributed by atoms with Crippen LogP contribution in [-0.2, 0) is 9.47 Å². The van der Waals surface area contributed by atoms with Crippen LogP contribution in [0.25, 0.3) is 0 Å². The first-order chi connectivity index (χ1) is 6.45. The average molecular weight is 218 g/mol. The summed E-state index contributed by atoms with van der Waals surface area (Å²) >= 11 is 3.26. The fourth-order valence-corrected chi connectivity index (χ4v) is 2.60. The van der Waals surface area contributed by atoms with Crippen molar-refractivity contribution in [3.05, 3.63) is 5.51 Å². The number of hydrogen-bond acceptors (Lipinski definition) is 6. The smallest absolute Gasteiger partial charge is 0.174 e. The number of rotatable bonds is 3. The molecule has 1 aliphatic rings. The molecule has 1 atom stereocenters. The standard InChI is InChI=1S/C7H10N2O2S2/c1-2-10-5-11-6(1)3-12-7-9-8-4-13-7/h4,6H,1-3,5H2. The number of hydrogen-bond donors (Lipinski definition) is 0. The Morgan fingerprint density at radius 1 is 1.69 bits per heavy atom. The molecule has 2 rings (SSSR count). The molecule has 0 N–H and O–H groups in total. The van der Waals surface area contributed by atoms with Crippen LogP contribution < -0.4 is 0 Å². The van der Waals surface area contributed by atoms with Crippen LogP contribution in [0.15, 0.2) is 9.85 Å². The maximum absolute atomic E-state index is 5.39. The van der Waals surface area contributed by atoms with Crippen molar-refractivity contribution in [3.8, 4) is 0 Å². The van der Waals surface area contributed by atoms with Crippen LogP contribution in [0.4, 0.5) is 0 Å². The van der Waals surface area contributed by atoms with Crippen LogP contribution in [0.3, 0.4) is 0 Å². The van der Waals surface area contributed by atoms with E-state index in [2.05, 4.69) is 10.2 Å². The maximum atomic E-state index is 5.39. The molecular weight excluding hydrogens is 208 g/mol. The lowest BCUT2D eigenvalue weighted by atomic mass is 10.3. The van der Waals surface area contributed by atoms with Crippen molar-refractivity contribution in [2.24, 2.45) is 0 Å². The quantitative estimate of drug-likeness (QED) is 0.717. The largest absolute Gasteiger partial charge is 0.355 e. The van der Waals surface area contributed by atoms with Gasteiger partial charge in [0.25, 0.3) is 0 Å². The molecule has 1 fully saturated rings. The zero-order chi connectivity index (χ0) is 8.93. The Kier molecular flexibility index (Phi) is 3.54. The van der Waals surface area contributed by atoms with Gasteiger partial charge in [0.05, 0.1) is 12.7 Å². The summed E-state index contributed by atoms with van der Waals surface area (Å²) in [5.74, 6) is 0.943. The molecule has 0 radical (unpaired) electrons. The zero-order valence-electron chi connectivity index (χ0n) is 7.01. The fourth-order valence-electron chi connectivity index (χ4n) is 1.02. The van der Waals surface area contributed by atoms with Crippen molar-refractivity contribution < 1.29 is 9.47 Å². The minimum Gasteiger partial charge on any atom is -0.355 e. The molecule has 0 aromatic carbocycles. The van der Waals surface area contributed by atoms with Crippen LogP contribution >= 0.6 is 23.1 Å². The van der Waals surface area contributed by atoms with E-state index in [1.54, 1.807) is 28.6 Å². The van der Waals surface area contributed by atoms with Gasteiger partial charge in [-0.2, -0.15) is 0 Å². The van der Waals surface area contributed by atoms with Crippen LogP contribution in [0.5, 0.6) is 0 Å². The highest BCUT2D eigenvalue weighted by atomic mass is 32.2. The van der Waals surface area contributed by atoms with Gasteiger partial charge in [-0.05, 0) is 6.42 Å². The monoisotopic (exact) mass is 218 g/mol. The molecule has 0 saturated carbocycles. The van der Waals surface area contributed by atoms with Crippen molar-refractivity contribution in [1.29, 1.82) is 0 Å². The molecule has 4 nitrogen and oxygen atoms in total. The molecule has 0 aliphatic carbocycles. The molecule has 13 heavy (non-hydrogen) atoms. The lowest BCUT2D eigenvalue weighted by Crippen LogP contribution is -2.25. The third kappa shape index (κ3) is 2.91. The van der Waals surface area contributed by atoms with E-state index in [1.165, 1.54) is 0 Å². The Morgan fingerprint density at radius 3 is 3.38 bits per heavy atom. The molecule has 1 unspecified atom stereocenters. The second kappa shape index (κ2) is 4.90. The van der Waals surface area contributed by atoms with Gasteiger partial charge in [0.1, 0.15) is 12.3 Å². The van der Waals surface area contributed by atoms with E-state index >= 15 is 0 Å². The summed E-state index contributed by atoms with van der Waals surface area (Å²) in [6.45, 7) is 1.24. The third-order valence-corrected chi connectivity index (χ3v) is 3.70. The van der Waals surface area contributed by atoms with E-state index in [0.29, 0.717) is 12.9 Å². The zero-order valence-corrected chi connectivity index (χ0v) is 8.64. The second-order valence-electron chi connectivity index (χ2n) is 2.62. The summed E-state index contributed by atoms with van der Waals surface area (Å²) in [6.07, 6.45) is 1.29. The number of nitrogens with zero attached hydrogens (tertiary/aromatic N) is 2. The Bertz CT molecular complexity index is 237. The molecule has 1 saturated heterocycles. The first kappa shape index (κ1) is 9.39. The Hall–Kier alpha value is -0.170. The van der Waals surface area contributed by atoms with E-state index in [1.807, 2.05) is 0 Å². The predicted molar refractivity (Wildman–Crippen MR) is 50.9 cm³/mol. The SMILES string of the molecule is c1nnc(SCC2CCOCO2)s1. The molecule has 2 heterocycles. The second-order valence-corrected chi connectivity index (χ2v) is 4.72. The van der Waals surface area contributed by atoms with E-state index in [0.717, 1.165) is 23.1 Å². The number of ether oxygens (including phenoxy) is 2. The van der Waals surface area contributed by atoms with Crippen molar-refractivity contribution >= 4 is 23.1 Å². The van der Waals surface area contributed by atoms with E-state index < -0.39 is 0 Å². The molecule has 1 aromatic heterocycles. The average Bonchev–Trinajstić information content (AvgIpc) is 2.69. The lowest BCUT2D eigenvalue weighted by Gasteiger charge is -2.21. The van der Waals surface area contributed by atoms with Gasteiger partial charge < -0.3 is 9.47 Å². The summed E-state index contributed by atoms with van der Waals surface area (Å²) in [4.78, 5) is 0. The van der Waals surface area contributed by atoms with Crippen LogP contribution in [-0.4, -0.2) is 35.5 Å². The summed E-state index contributed by atoms with van der Waals surface area (Å²) in [5.41, 5.74) is 1.74. The van der Waals surface area contributed by atoms with Gasteiger partial charge in [-0.25, -0.2) is 0 Å². The van der Waals surface area contributed by atoms with Gasteiger partial charge in [0.2, 0.25) is 0 Å². The highest BCUT2D eigenvalue weighted by molar-refractivity contribution is 8.01. The molecule has 6 heteroatoms. The van der Waals surface area contributed by atoms with Crippen LogP contribution in [0.2, 0.25) is 0 Å². The highest BCUT2D eigenvalue weighted by Crippen LogP contribution is 2.22. The van der Waals surface area contributed by atoms with Gasteiger partial charge in [0.15, 0.2) is 4.34 Å². The van der Waals surface area contributed by atoms with Crippen molar-refractivity contribution in [1.82, 2.24) is 10.2 Å². The van der Waals surface area contributed by atoms with Crippen LogP contribution in [0.1, 0.15) is 6.42 Å². The van der Waals surface area contributed by atoms with Crippen molar-refractivity contribution in [2.75, 3.05) is 19.2 Å². The molecule has 0 amide bonds. The summed E-state index contributed by atoms with van der Waals surface area (Å²) in [5, 5.41) is 7.71. The molecule has 0 bridgehead atoms. The molecule has 1 aliphatic heterocycles. The molecule has 1 aromatic rings. The Morgan fingerprint density at radius 2 is 2.69 bits per heavy atom.